The number of carboxylic acids is 1. The summed E-state index contributed by atoms with van der Waals surface area (Å²) in [6.07, 6.45) is -1.48. The van der Waals surface area contributed by atoms with Gasteiger partial charge in [0.1, 0.15) is 6.02 Å². The second-order valence-electron chi connectivity index (χ2n) is 1.98. The minimum atomic E-state index is -2.41. The molecule has 0 aromatic carbocycles. The molecule has 3 heteroatoms. The SMILES string of the molecule is [2H][C@@H](C([2H])(C)C)[C@]([2H])(N)[13C](=O)O. The fourth-order valence-corrected chi connectivity index (χ4v) is 0.373. The molecule has 0 aromatic heterocycles. The van der Waals surface area contributed by atoms with Crippen molar-refractivity contribution in [2.75, 3.05) is 0 Å². The quantitative estimate of drug-likeness (QED) is 0.552. The first kappa shape index (κ1) is 4.28. The Morgan fingerprint density at radius 2 is 2.44 bits per heavy atom. The van der Waals surface area contributed by atoms with Gasteiger partial charge in [0.15, 0.2) is 0 Å². The number of rotatable bonds is 3. The molecule has 0 rings (SSSR count). The van der Waals surface area contributed by atoms with Gasteiger partial charge in [-0.1, -0.05) is 13.8 Å². The van der Waals surface area contributed by atoms with Gasteiger partial charge in [-0.25, -0.2) is 0 Å². The van der Waals surface area contributed by atoms with E-state index in [0.717, 1.165) is 0 Å². The second kappa shape index (κ2) is 3.45. The van der Waals surface area contributed by atoms with Crippen LogP contribution < -0.4 is 5.73 Å². The van der Waals surface area contributed by atoms with Crippen LogP contribution in [0, 0.1) is 5.89 Å². The molecule has 0 saturated heterocycles. The highest BCUT2D eigenvalue weighted by atomic mass is 16.5. The molecule has 0 fully saturated rings. The van der Waals surface area contributed by atoms with Crippen LogP contribution in [0.4, 0.5) is 0 Å². The molecule has 0 bridgehead atoms. The molecule has 0 aliphatic carbocycles. The zero-order valence-corrected chi connectivity index (χ0v) is 5.51. The van der Waals surface area contributed by atoms with E-state index in [2.05, 4.69) is 0 Å². The monoisotopic (exact) mass is 135 g/mol. The van der Waals surface area contributed by atoms with Gasteiger partial charge in [-0.2, -0.15) is 0 Å². The van der Waals surface area contributed by atoms with Crippen molar-refractivity contribution in [3.8, 4) is 0 Å². The van der Waals surface area contributed by atoms with Crippen molar-refractivity contribution in [1.82, 2.24) is 0 Å². The largest absolute Gasteiger partial charge is 0.480 e. The summed E-state index contributed by atoms with van der Waals surface area (Å²) in [5.74, 6) is -2.93. The van der Waals surface area contributed by atoms with Crippen molar-refractivity contribution >= 4 is 5.97 Å². The summed E-state index contributed by atoms with van der Waals surface area (Å²) in [5, 5.41) is 8.46. The molecule has 0 aliphatic rings. The molecular weight excluding hydrogens is 119 g/mol. The minimum absolute atomic E-state index is 1.35. The molecule has 0 spiro atoms. The summed E-state index contributed by atoms with van der Waals surface area (Å²) in [5.41, 5.74) is 5.05. The first-order valence-corrected chi connectivity index (χ1v) is 2.54. The molecule has 0 unspecified atom stereocenters. The maximum absolute atomic E-state index is 10.4. The lowest BCUT2D eigenvalue weighted by Crippen LogP contribution is -2.31. The van der Waals surface area contributed by atoms with Gasteiger partial charge in [0.05, 0.1) is 1.37 Å². The predicted molar refractivity (Wildman–Crippen MR) is 35.1 cm³/mol. The molecule has 0 heterocycles. The Bertz CT molecular complexity index is 188. The summed E-state index contributed by atoms with van der Waals surface area (Å²) in [4.78, 5) is 10.4. The van der Waals surface area contributed by atoms with E-state index >= 15 is 0 Å². The van der Waals surface area contributed by atoms with E-state index in [1.807, 2.05) is 0 Å². The average molecular weight is 135 g/mol. The van der Waals surface area contributed by atoms with Gasteiger partial charge >= 0.3 is 5.97 Å². The molecule has 9 heavy (non-hydrogen) atoms. The maximum Gasteiger partial charge on any atom is 0.320 e. The molecule has 2 atom stereocenters. The van der Waals surface area contributed by atoms with Gasteiger partial charge < -0.3 is 10.8 Å². The van der Waals surface area contributed by atoms with Gasteiger partial charge in [-0.15, -0.1) is 0 Å². The minimum Gasteiger partial charge on any atom is -0.480 e. The van der Waals surface area contributed by atoms with E-state index in [4.69, 9.17) is 15.0 Å². The van der Waals surface area contributed by atoms with Gasteiger partial charge in [0.2, 0.25) is 0 Å². The van der Waals surface area contributed by atoms with E-state index in [9.17, 15) is 4.79 Å². The third-order valence-corrected chi connectivity index (χ3v) is 0.691. The highest BCUT2D eigenvalue weighted by Crippen LogP contribution is 2.01. The standard InChI is InChI=1S/C6H13NO2/c1-4(2)3-5(7)6(8)9/h4-5H,3,7H2,1-2H3,(H,8,9)/t5-/m0/s1/i3D,4D,5D,6+1/t3-,5-. The van der Waals surface area contributed by atoms with Crippen molar-refractivity contribution in [1.29, 1.82) is 0 Å². The zero-order valence-electron chi connectivity index (χ0n) is 8.51. The van der Waals surface area contributed by atoms with Crippen LogP contribution in [0.25, 0.3) is 0 Å². The number of nitrogens with two attached hydrogens (primary N) is 1. The van der Waals surface area contributed by atoms with Crippen LogP contribution in [0.2, 0.25) is 0 Å². The number of carboxylic acid groups (broad SMARTS) is 1. The Hall–Kier alpha value is -0.570. The summed E-state index contributed by atoms with van der Waals surface area (Å²) < 4.78 is 21.7. The number of hydrogen-bond donors (Lipinski definition) is 2. The summed E-state index contributed by atoms with van der Waals surface area (Å²) in [6, 6.07) is -2.41. The van der Waals surface area contributed by atoms with Gasteiger partial charge in [0, 0.05) is 2.74 Å². The number of aliphatic carboxylic acids is 1. The van der Waals surface area contributed by atoms with Crippen LogP contribution >= 0.6 is 0 Å². The fraction of sp³-hybridized carbons (Fsp3) is 0.833. The lowest BCUT2D eigenvalue weighted by atomic mass is 10.1. The van der Waals surface area contributed by atoms with Crippen LogP contribution in [-0.4, -0.2) is 17.1 Å². The Kier molecular flexibility index (Phi) is 1.64. The van der Waals surface area contributed by atoms with Crippen LogP contribution in [0.3, 0.4) is 0 Å². The molecular formula is C6H13NO2. The van der Waals surface area contributed by atoms with Crippen molar-refractivity contribution in [3.63, 3.8) is 0 Å². The highest BCUT2D eigenvalue weighted by molar-refractivity contribution is 5.72. The number of hydrogen-bond acceptors (Lipinski definition) is 2. The predicted octanol–water partition coefficient (Wildman–Crippen LogP) is 0.444. The molecule has 3 nitrogen and oxygen atoms in total. The zero-order chi connectivity index (χ0) is 10.2. The molecule has 0 aromatic rings. The normalized spacial score (nSPS) is 26.8. The molecule has 0 aliphatic heterocycles. The maximum atomic E-state index is 10.4. The van der Waals surface area contributed by atoms with E-state index < -0.39 is 24.3 Å². The molecule has 0 amide bonds. The Balaban J connectivity index is 4.69. The smallest absolute Gasteiger partial charge is 0.320 e. The van der Waals surface area contributed by atoms with Crippen molar-refractivity contribution in [2.45, 2.75) is 26.3 Å². The summed E-state index contributed by atoms with van der Waals surface area (Å²) >= 11 is 0. The topological polar surface area (TPSA) is 63.3 Å². The summed E-state index contributed by atoms with van der Waals surface area (Å²) in [7, 11) is 0. The lowest BCUT2D eigenvalue weighted by Gasteiger charge is -2.07. The highest BCUT2D eigenvalue weighted by Gasteiger charge is 2.11. The molecule has 3 N–H and O–H groups in total. The first-order chi connectivity index (χ1) is 5.10. The van der Waals surface area contributed by atoms with Crippen molar-refractivity contribution in [3.05, 3.63) is 0 Å². The van der Waals surface area contributed by atoms with Crippen LogP contribution in [-0.2, 0) is 4.79 Å². The first-order valence-electron chi connectivity index (χ1n) is 4.12. The van der Waals surface area contributed by atoms with Crippen LogP contribution in [0.15, 0.2) is 0 Å². The summed E-state index contributed by atoms with van der Waals surface area (Å²) in [6.45, 7) is 2.70. The van der Waals surface area contributed by atoms with Crippen LogP contribution in [0.1, 0.15) is 24.4 Å². The van der Waals surface area contributed by atoms with Gasteiger partial charge in [-0.05, 0) is 12.3 Å². The van der Waals surface area contributed by atoms with Crippen LogP contribution in [0.5, 0.6) is 0 Å². The average Bonchev–Trinajstić information content (AvgIpc) is 1.83. The van der Waals surface area contributed by atoms with Crippen molar-refractivity contribution < 1.29 is 14.0 Å². The van der Waals surface area contributed by atoms with E-state index in [-0.39, 0.29) is 0 Å². The van der Waals surface area contributed by atoms with E-state index in [1.54, 1.807) is 0 Å². The Morgan fingerprint density at radius 1 is 2.00 bits per heavy atom. The molecule has 54 valence electrons. The van der Waals surface area contributed by atoms with Crippen molar-refractivity contribution in [2.24, 2.45) is 11.6 Å². The third-order valence-electron chi connectivity index (χ3n) is 0.691. The van der Waals surface area contributed by atoms with E-state index in [0.29, 0.717) is 0 Å². The second-order valence-corrected chi connectivity index (χ2v) is 1.98. The fourth-order valence-electron chi connectivity index (χ4n) is 0.373. The molecule has 0 saturated carbocycles. The lowest BCUT2D eigenvalue weighted by molar-refractivity contribution is -0.138. The van der Waals surface area contributed by atoms with Gasteiger partial charge in [-0.3, -0.25) is 4.79 Å². The third kappa shape index (κ3) is 3.97. The number of carbonyl (C=O) groups is 1. The van der Waals surface area contributed by atoms with E-state index in [1.165, 1.54) is 13.8 Å². The molecule has 0 radical (unpaired) electrons. The Labute approximate surface area is 59.1 Å². The van der Waals surface area contributed by atoms with Gasteiger partial charge in [0.25, 0.3) is 0 Å². The Morgan fingerprint density at radius 3 is 2.56 bits per heavy atom.